The van der Waals surface area contributed by atoms with Crippen molar-refractivity contribution in [1.29, 1.82) is 5.26 Å². The van der Waals surface area contributed by atoms with E-state index in [2.05, 4.69) is 11.1 Å². The van der Waals surface area contributed by atoms with Crippen LogP contribution in [0.5, 0.6) is 0 Å². The number of nitriles is 1. The van der Waals surface area contributed by atoms with Crippen molar-refractivity contribution in [2.45, 2.75) is 6.54 Å². The highest BCUT2D eigenvalue weighted by Crippen LogP contribution is 2.12. The van der Waals surface area contributed by atoms with Crippen LogP contribution < -0.4 is 5.23 Å². The van der Waals surface area contributed by atoms with E-state index in [-0.39, 0.29) is 11.0 Å². The van der Waals surface area contributed by atoms with Crippen LogP contribution >= 0.6 is 0 Å². The smallest absolute Gasteiger partial charge is 0.160 e. The monoisotopic (exact) mass is 229 g/mol. The quantitative estimate of drug-likeness (QED) is 0.805. The maximum absolute atomic E-state index is 10.6. The topological polar surface area (TPSA) is 88.1 Å². The van der Waals surface area contributed by atoms with Crippen molar-refractivity contribution >= 4 is 5.82 Å². The minimum Gasteiger partial charge on any atom is -0.732 e. The van der Waals surface area contributed by atoms with Gasteiger partial charge in [-0.2, -0.15) is 5.26 Å². The average molecular weight is 229 g/mol. The van der Waals surface area contributed by atoms with E-state index in [1.54, 1.807) is 16.7 Å². The van der Waals surface area contributed by atoms with E-state index in [0.29, 0.717) is 12.1 Å². The summed E-state index contributed by atoms with van der Waals surface area (Å²) in [5.74, 6) is -0.0839. The van der Waals surface area contributed by atoms with Gasteiger partial charge in [-0.3, -0.25) is 5.21 Å². The van der Waals surface area contributed by atoms with Gasteiger partial charge < -0.3 is 15.0 Å². The van der Waals surface area contributed by atoms with E-state index in [9.17, 15) is 5.21 Å². The molecule has 0 atom stereocenters. The predicted molar refractivity (Wildman–Crippen MR) is 60.1 cm³/mol. The minimum atomic E-state index is -0.299. The first-order valence-corrected chi connectivity index (χ1v) is 4.86. The fourth-order valence-electron chi connectivity index (χ4n) is 1.50. The molecule has 0 amide bonds. The van der Waals surface area contributed by atoms with Gasteiger partial charge in [0.15, 0.2) is 5.82 Å². The maximum atomic E-state index is 10.6. The molecule has 1 aromatic heterocycles. The van der Waals surface area contributed by atoms with Crippen LogP contribution in [0.15, 0.2) is 36.8 Å². The molecule has 2 rings (SSSR count). The number of imidazole rings is 1. The Labute approximate surface area is 97.5 Å². The molecule has 6 heteroatoms. The third kappa shape index (κ3) is 2.42. The Kier molecular flexibility index (Phi) is 3.05. The van der Waals surface area contributed by atoms with E-state index in [4.69, 9.17) is 10.5 Å². The first-order valence-electron chi connectivity index (χ1n) is 4.86. The van der Waals surface area contributed by atoms with Gasteiger partial charge >= 0.3 is 0 Å². The van der Waals surface area contributed by atoms with Crippen LogP contribution in [0.25, 0.3) is 0 Å². The van der Waals surface area contributed by atoms with Crippen molar-refractivity contribution in [2.24, 2.45) is 0 Å². The van der Waals surface area contributed by atoms with Crippen molar-refractivity contribution in [3.05, 3.63) is 53.1 Å². The molecule has 17 heavy (non-hydrogen) atoms. The molecule has 1 N–H and O–H groups in total. The number of anilines is 1. The predicted octanol–water partition coefficient (Wildman–Crippen LogP) is 1.50. The lowest BCUT2D eigenvalue weighted by Crippen LogP contribution is -2.07. The molecule has 0 aliphatic rings. The Morgan fingerprint density at radius 3 is 2.88 bits per heavy atom. The number of hydrogen-bond acceptors (Lipinski definition) is 5. The van der Waals surface area contributed by atoms with Crippen molar-refractivity contribution in [3.63, 3.8) is 0 Å². The highest BCUT2D eigenvalue weighted by atomic mass is 16.8. The Balaban J connectivity index is 2.23. The summed E-state index contributed by atoms with van der Waals surface area (Å²) < 4.78 is 1.62. The zero-order valence-electron chi connectivity index (χ0n) is 8.82. The zero-order chi connectivity index (χ0) is 12.3. The molecule has 0 spiro atoms. The molecule has 0 saturated carbocycles. The maximum Gasteiger partial charge on any atom is 0.160 e. The number of rotatable bonds is 3. The summed E-state index contributed by atoms with van der Waals surface area (Å²) in [6.45, 7) is 0.421. The molecule has 0 bridgehead atoms. The summed E-state index contributed by atoms with van der Waals surface area (Å²) in [5.41, 5.74) is 1.40. The van der Waals surface area contributed by atoms with Crippen LogP contribution in [-0.2, 0) is 6.54 Å². The summed E-state index contributed by atoms with van der Waals surface area (Å²) >= 11 is 0. The van der Waals surface area contributed by atoms with Gasteiger partial charge in [0, 0.05) is 12.7 Å². The number of hydrogen-bond donors (Lipinski definition) is 1. The molecule has 0 unspecified atom stereocenters. The molecule has 1 heterocycles. The molecule has 0 aliphatic carbocycles. The van der Waals surface area contributed by atoms with Gasteiger partial charge in [-0.1, -0.05) is 18.2 Å². The Hall–Kier alpha value is -2.36. The van der Waals surface area contributed by atoms with E-state index >= 15 is 0 Å². The number of aromatic nitrogens is 2. The van der Waals surface area contributed by atoms with Crippen LogP contribution in [0.1, 0.15) is 11.1 Å². The van der Waals surface area contributed by atoms with Crippen LogP contribution in [0, 0.1) is 16.5 Å². The summed E-state index contributed by atoms with van der Waals surface area (Å²) in [5, 5.41) is 27.8. The van der Waals surface area contributed by atoms with E-state index < -0.39 is 0 Å². The van der Waals surface area contributed by atoms with Gasteiger partial charge in [0.25, 0.3) is 0 Å². The molecule has 0 aliphatic heterocycles. The van der Waals surface area contributed by atoms with Crippen LogP contribution in [-0.4, -0.2) is 14.8 Å². The average Bonchev–Trinajstić information content (AvgIpc) is 2.78. The van der Waals surface area contributed by atoms with Crippen LogP contribution in [0.4, 0.5) is 5.82 Å². The molecule has 0 saturated heterocycles. The molecular weight excluding hydrogens is 220 g/mol. The zero-order valence-corrected chi connectivity index (χ0v) is 8.82. The first kappa shape index (κ1) is 11.1. The minimum absolute atomic E-state index is 0.0839. The normalized spacial score (nSPS) is 9.94. The summed E-state index contributed by atoms with van der Waals surface area (Å²) in [6.07, 6.45) is 2.83. The van der Waals surface area contributed by atoms with E-state index in [1.165, 1.54) is 12.5 Å². The van der Waals surface area contributed by atoms with E-state index in [0.717, 1.165) is 5.56 Å². The molecule has 1 aromatic carbocycles. The SMILES string of the molecule is N#Cc1ccccc1Cn1cnc(N([O-])O)c1. The lowest BCUT2D eigenvalue weighted by molar-refractivity contribution is 0.293. The molecule has 0 fully saturated rings. The van der Waals surface area contributed by atoms with Gasteiger partial charge in [-0.05, 0) is 11.6 Å². The van der Waals surface area contributed by atoms with Gasteiger partial charge in [-0.15, -0.1) is 0 Å². The highest BCUT2D eigenvalue weighted by Gasteiger charge is 2.03. The molecule has 2 aromatic rings. The van der Waals surface area contributed by atoms with Crippen LogP contribution in [0.2, 0.25) is 0 Å². The summed E-state index contributed by atoms with van der Waals surface area (Å²) in [6, 6.07) is 9.26. The second-order valence-electron chi connectivity index (χ2n) is 3.45. The molecular formula is C11H9N4O2-. The third-order valence-corrected chi connectivity index (χ3v) is 2.31. The van der Waals surface area contributed by atoms with Gasteiger partial charge in [0.2, 0.25) is 0 Å². The fourth-order valence-corrected chi connectivity index (χ4v) is 1.50. The summed E-state index contributed by atoms with van der Waals surface area (Å²) in [7, 11) is 0. The lowest BCUT2D eigenvalue weighted by Gasteiger charge is -2.17. The van der Waals surface area contributed by atoms with Crippen molar-refractivity contribution in [3.8, 4) is 6.07 Å². The number of nitrogens with zero attached hydrogens (tertiary/aromatic N) is 4. The Morgan fingerprint density at radius 2 is 2.24 bits per heavy atom. The van der Waals surface area contributed by atoms with Gasteiger partial charge in [-0.25, -0.2) is 4.98 Å². The number of benzene rings is 1. The molecule has 86 valence electrons. The molecule has 0 radical (unpaired) electrons. The second kappa shape index (κ2) is 4.65. The van der Waals surface area contributed by atoms with E-state index in [1.807, 2.05) is 12.1 Å². The van der Waals surface area contributed by atoms with Crippen molar-refractivity contribution < 1.29 is 5.21 Å². The standard InChI is InChI=1S/C11H9N4O2/c12-5-9-3-1-2-4-10(9)6-14-7-11(13-8-14)15(16)17/h1-4,7-8,16H,6H2/q-1. The largest absolute Gasteiger partial charge is 0.732 e. The Morgan fingerprint density at radius 1 is 1.47 bits per heavy atom. The lowest BCUT2D eigenvalue weighted by atomic mass is 10.1. The molecule has 6 nitrogen and oxygen atoms in total. The fraction of sp³-hybridized carbons (Fsp3) is 0.0909. The summed E-state index contributed by atoms with van der Waals surface area (Å²) in [4.78, 5) is 3.71. The Bertz CT molecular complexity index is 557. The third-order valence-electron chi connectivity index (χ3n) is 2.31. The van der Waals surface area contributed by atoms with Gasteiger partial charge in [0.1, 0.15) is 0 Å². The van der Waals surface area contributed by atoms with Crippen molar-refractivity contribution in [2.75, 3.05) is 5.23 Å². The second-order valence-corrected chi connectivity index (χ2v) is 3.45. The first-order chi connectivity index (χ1) is 8.20. The van der Waals surface area contributed by atoms with Gasteiger partial charge in [0.05, 0.1) is 18.0 Å². The highest BCUT2D eigenvalue weighted by molar-refractivity contribution is 5.38. The van der Waals surface area contributed by atoms with Crippen molar-refractivity contribution in [1.82, 2.24) is 9.55 Å². The van der Waals surface area contributed by atoms with Crippen LogP contribution in [0.3, 0.4) is 0 Å².